The van der Waals surface area contributed by atoms with E-state index in [1.54, 1.807) is 11.3 Å². The van der Waals surface area contributed by atoms with Gasteiger partial charge in [0, 0.05) is 18.1 Å². The molecule has 1 heterocycles. The Balaban J connectivity index is 1.61. The van der Waals surface area contributed by atoms with Gasteiger partial charge in [-0.2, -0.15) is 0 Å². The molecule has 4 rings (SSSR count). The lowest BCUT2D eigenvalue weighted by Crippen LogP contribution is -2.64. The molecule has 2 fully saturated rings. The van der Waals surface area contributed by atoms with Gasteiger partial charge >= 0.3 is 0 Å². The second-order valence-corrected chi connectivity index (χ2v) is 7.38. The van der Waals surface area contributed by atoms with Gasteiger partial charge in [-0.3, -0.25) is 0 Å². The molecule has 0 radical (unpaired) electrons. The fourth-order valence-corrected chi connectivity index (χ4v) is 4.75. The number of anilines is 1. The Labute approximate surface area is 133 Å². The van der Waals surface area contributed by atoms with Crippen molar-refractivity contribution in [1.82, 2.24) is 4.98 Å². The van der Waals surface area contributed by atoms with Crippen LogP contribution in [0.5, 0.6) is 0 Å². The minimum Gasteiger partial charge on any atom is -0.379 e. The van der Waals surface area contributed by atoms with Gasteiger partial charge in [0.25, 0.3) is 0 Å². The first-order chi connectivity index (χ1) is 10.2. The van der Waals surface area contributed by atoms with Gasteiger partial charge in [-0.25, -0.2) is 4.98 Å². The van der Waals surface area contributed by atoms with E-state index in [-0.39, 0.29) is 0 Å². The van der Waals surface area contributed by atoms with Crippen LogP contribution in [0, 0.1) is 5.41 Å². The lowest BCUT2D eigenvalue weighted by molar-refractivity contribution is -0.157. The zero-order valence-electron chi connectivity index (χ0n) is 12.1. The third-order valence-corrected chi connectivity index (χ3v) is 6.32. The highest BCUT2D eigenvalue weighted by molar-refractivity contribution is 7.16. The molecule has 0 saturated heterocycles. The number of aromatic nitrogens is 1. The van der Waals surface area contributed by atoms with E-state index in [9.17, 15) is 0 Å². The number of ether oxygens (including phenoxy) is 1. The molecule has 1 aromatic heterocycles. The van der Waals surface area contributed by atoms with E-state index in [1.807, 2.05) is 17.6 Å². The minimum absolute atomic E-state index is 0.331. The van der Waals surface area contributed by atoms with Crippen LogP contribution < -0.4 is 5.32 Å². The molecule has 1 aromatic carbocycles. The number of nitrogens with one attached hydrogen (secondary N) is 1. The third kappa shape index (κ3) is 2.00. The van der Waals surface area contributed by atoms with Crippen molar-refractivity contribution in [3.63, 3.8) is 0 Å². The zero-order valence-corrected chi connectivity index (χ0v) is 13.6. The molecule has 2 aliphatic rings. The maximum absolute atomic E-state index is 6.41. The molecular formula is C16H19ClN2OS. The van der Waals surface area contributed by atoms with Crippen LogP contribution in [0.3, 0.4) is 0 Å². The topological polar surface area (TPSA) is 34.1 Å². The molecular weight excluding hydrogens is 304 g/mol. The second-order valence-electron chi connectivity index (χ2n) is 6.08. The van der Waals surface area contributed by atoms with E-state index >= 15 is 0 Å². The van der Waals surface area contributed by atoms with Crippen molar-refractivity contribution >= 4 is 38.8 Å². The van der Waals surface area contributed by atoms with Gasteiger partial charge < -0.3 is 10.1 Å². The third-order valence-electron chi connectivity index (χ3n) is 5.21. The Kier molecular flexibility index (Phi) is 3.36. The molecule has 0 bridgehead atoms. The number of halogens is 1. The summed E-state index contributed by atoms with van der Waals surface area (Å²) >= 11 is 8.06. The number of thiazole rings is 1. The molecule has 2 aromatic rings. The van der Waals surface area contributed by atoms with Crippen LogP contribution in [0.15, 0.2) is 17.6 Å². The highest BCUT2D eigenvalue weighted by Crippen LogP contribution is 2.58. The van der Waals surface area contributed by atoms with E-state index in [2.05, 4.69) is 17.2 Å². The van der Waals surface area contributed by atoms with Crippen LogP contribution in [0.4, 0.5) is 5.69 Å². The summed E-state index contributed by atoms with van der Waals surface area (Å²) in [6.45, 7) is 2.89. The van der Waals surface area contributed by atoms with Crippen molar-refractivity contribution in [3.05, 3.63) is 22.7 Å². The van der Waals surface area contributed by atoms with E-state index in [0.29, 0.717) is 17.6 Å². The summed E-state index contributed by atoms with van der Waals surface area (Å²) < 4.78 is 7.11. The van der Waals surface area contributed by atoms with E-state index in [0.717, 1.165) is 29.3 Å². The van der Waals surface area contributed by atoms with Crippen LogP contribution in [0.2, 0.25) is 5.02 Å². The van der Waals surface area contributed by atoms with E-state index in [1.165, 1.54) is 24.0 Å². The molecule has 1 N–H and O–H groups in total. The molecule has 2 aliphatic carbocycles. The summed E-state index contributed by atoms with van der Waals surface area (Å²) in [7, 11) is 0. The summed E-state index contributed by atoms with van der Waals surface area (Å²) in [5, 5.41) is 4.46. The molecule has 3 nitrogen and oxygen atoms in total. The van der Waals surface area contributed by atoms with Gasteiger partial charge in [0.2, 0.25) is 0 Å². The first-order valence-electron chi connectivity index (χ1n) is 7.64. The summed E-state index contributed by atoms with van der Waals surface area (Å²) in [4.78, 5) is 4.48. The monoisotopic (exact) mass is 322 g/mol. The van der Waals surface area contributed by atoms with E-state index < -0.39 is 0 Å². The maximum atomic E-state index is 6.41. The van der Waals surface area contributed by atoms with Gasteiger partial charge in [-0.15, -0.1) is 11.3 Å². The zero-order chi connectivity index (χ0) is 14.4. The second kappa shape index (κ2) is 5.11. The molecule has 2 unspecified atom stereocenters. The highest BCUT2D eigenvalue weighted by Gasteiger charge is 2.59. The van der Waals surface area contributed by atoms with Crippen LogP contribution in [-0.4, -0.2) is 23.7 Å². The van der Waals surface area contributed by atoms with Gasteiger partial charge in [-0.05, 0) is 38.3 Å². The highest BCUT2D eigenvalue weighted by atomic mass is 35.5. The normalized spacial score (nSPS) is 26.6. The van der Waals surface area contributed by atoms with Crippen molar-refractivity contribution < 1.29 is 4.74 Å². The Morgan fingerprint density at radius 3 is 3.05 bits per heavy atom. The Hall–Kier alpha value is -0.840. The van der Waals surface area contributed by atoms with Crippen LogP contribution >= 0.6 is 22.9 Å². The lowest BCUT2D eigenvalue weighted by atomic mass is 9.51. The lowest BCUT2D eigenvalue weighted by Gasteiger charge is -2.61. The fraction of sp³-hybridized carbons (Fsp3) is 0.562. The maximum Gasteiger partial charge on any atom is 0.106 e. The SMILES string of the molecule is CCOC1CC(Nc2c(Cl)ccc3scnc23)C12CCC2. The van der Waals surface area contributed by atoms with Crippen LogP contribution in [0.25, 0.3) is 10.2 Å². The van der Waals surface area contributed by atoms with Crippen molar-refractivity contribution in [2.45, 2.75) is 44.8 Å². The predicted molar refractivity (Wildman–Crippen MR) is 88.4 cm³/mol. The fourth-order valence-electron chi connectivity index (χ4n) is 3.86. The number of hydrogen-bond donors (Lipinski definition) is 1. The van der Waals surface area contributed by atoms with Crippen LogP contribution in [-0.2, 0) is 4.74 Å². The van der Waals surface area contributed by atoms with Crippen molar-refractivity contribution in [2.75, 3.05) is 11.9 Å². The van der Waals surface area contributed by atoms with Gasteiger partial charge in [0.05, 0.1) is 27.0 Å². The average Bonchev–Trinajstić information content (AvgIpc) is 2.86. The van der Waals surface area contributed by atoms with Gasteiger partial charge in [0.15, 0.2) is 0 Å². The Bertz CT molecular complexity index is 667. The predicted octanol–water partition coefficient (Wildman–Crippen LogP) is 4.71. The minimum atomic E-state index is 0.331. The quantitative estimate of drug-likeness (QED) is 0.885. The molecule has 2 atom stereocenters. The largest absolute Gasteiger partial charge is 0.379 e. The summed E-state index contributed by atoms with van der Waals surface area (Å²) in [6, 6.07) is 4.48. The average molecular weight is 323 g/mol. The molecule has 2 saturated carbocycles. The summed E-state index contributed by atoms with van der Waals surface area (Å²) in [5.74, 6) is 0. The number of rotatable bonds is 4. The van der Waals surface area contributed by atoms with Gasteiger partial charge in [0.1, 0.15) is 5.52 Å². The van der Waals surface area contributed by atoms with Crippen molar-refractivity contribution in [1.29, 1.82) is 0 Å². The molecule has 1 spiro atoms. The molecule has 112 valence electrons. The number of hydrogen-bond acceptors (Lipinski definition) is 4. The Morgan fingerprint density at radius 2 is 2.33 bits per heavy atom. The van der Waals surface area contributed by atoms with Gasteiger partial charge in [-0.1, -0.05) is 18.0 Å². The first-order valence-corrected chi connectivity index (χ1v) is 8.90. The molecule has 21 heavy (non-hydrogen) atoms. The van der Waals surface area contributed by atoms with Crippen LogP contribution in [0.1, 0.15) is 32.6 Å². The summed E-state index contributed by atoms with van der Waals surface area (Å²) in [6.07, 6.45) is 5.34. The number of benzene rings is 1. The molecule has 0 amide bonds. The smallest absolute Gasteiger partial charge is 0.106 e. The van der Waals surface area contributed by atoms with Crippen molar-refractivity contribution in [3.8, 4) is 0 Å². The van der Waals surface area contributed by atoms with E-state index in [4.69, 9.17) is 16.3 Å². The molecule has 0 aliphatic heterocycles. The standard InChI is InChI=1S/C16H19ClN2OS/c1-2-20-13-8-12(16(13)6-3-7-16)19-14-10(17)4-5-11-15(14)18-9-21-11/h4-5,9,12-13,19H,2-3,6-8H2,1H3. The number of fused-ring (bicyclic) bond motifs is 1. The number of nitrogens with zero attached hydrogens (tertiary/aromatic N) is 1. The first kappa shape index (κ1) is 13.8. The molecule has 5 heteroatoms. The van der Waals surface area contributed by atoms with Crippen molar-refractivity contribution in [2.24, 2.45) is 5.41 Å². The summed E-state index contributed by atoms with van der Waals surface area (Å²) in [5.41, 5.74) is 4.22. The Morgan fingerprint density at radius 1 is 1.48 bits per heavy atom.